The van der Waals surface area contributed by atoms with Crippen molar-refractivity contribution in [2.24, 2.45) is 0 Å². The van der Waals surface area contributed by atoms with Crippen LogP contribution < -0.4 is 5.32 Å². The summed E-state index contributed by atoms with van der Waals surface area (Å²) in [4.78, 5) is 0. The molecule has 0 saturated carbocycles. The molecular weight excluding hydrogens is 232 g/mol. The van der Waals surface area contributed by atoms with E-state index in [9.17, 15) is 8.78 Å². The molecule has 1 N–H and O–H groups in total. The van der Waals surface area contributed by atoms with Crippen LogP contribution in [0.25, 0.3) is 10.6 Å². The predicted molar refractivity (Wildman–Crippen MR) is 59.4 cm³/mol. The number of rotatable bonds is 3. The summed E-state index contributed by atoms with van der Waals surface area (Å²) in [7, 11) is 0. The molecule has 1 heterocycles. The highest BCUT2D eigenvalue weighted by molar-refractivity contribution is 7.18. The molecule has 0 spiro atoms. The third kappa shape index (κ3) is 2.16. The monoisotopic (exact) mass is 241 g/mol. The zero-order valence-electron chi connectivity index (χ0n) is 8.50. The van der Waals surface area contributed by atoms with Crippen LogP contribution in [0, 0.1) is 11.6 Å². The molecule has 1 aromatic heterocycles. The fraction of sp³-hybridized carbons (Fsp3) is 0.200. The summed E-state index contributed by atoms with van der Waals surface area (Å²) in [6, 6.07) is 3.27. The van der Waals surface area contributed by atoms with E-state index in [2.05, 4.69) is 15.5 Å². The molecule has 2 aromatic rings. The molecule has 16 heavy (non-hydrogen) atoms. The van der Waals surface area contributed by atoms with Gasteiger partial charge in [-0.15, -0.1) is 10.2 Å². The van der Waals surface area contributed by atoms with Gasteiger partial charge in [0.25, 0.3) is 0 Å². The molecule has 0 aliphatic heterocycles. The second-order valence-electron chi connectivity index (χ2n) is 3.07. The quantitative estimate of drug-likeness (QED) is 0.897. The van der Waals surface area contributed by atoms with Crippen LogP contribution in [0.2, 0.25) is 0 Å². The van der Waals surface area contributed by atoms with Crippen molar-refractivity contribution in [3.63, 3.8) is 0 Å². The molecule has 0 radical (unpaired) electrons. The summed E-state index contributed by atoms with van der Waals surface area (Å²) in [5, 5.41) is 11.6. The van der Waals surface area contributed by atoms with E-state index in [-0.39, 0.29) is 5.56 Å². The lowest BCUT2D eigenvalue weighted by molar-refractivity contribution is 0.603. The lowest BCUT2D eigenvalue weighted by Crippen LogP contribution is -1.94. The van der Waals surface area contributed by atoms with Crippen LogP contribution in [-0.4, -0.2) is 16.7 Å². The van der Waals surface area contributed by atoms with Crippen molar-refractivity contribution in [3.05, 3.63) is 29.8 Å². The number of nitrogens with zero attached hydrogens (tertiary/aromatic N) is 2. The number of hydrogen-bond acceptors (Lipinski definition) is 4. The Morgan fingerprint density at radius 1 is 1.31 bits per heavy atom. The number of anilines is 1. The van der Waals surface area contributed by atoms with Crippen LogP contribution in [0.15, 0.2) is 18.2 Å². The van der Waals surface area contributed by atoms with Gasteiger partial charge in [-0.2, -0.15) is 0 Å². The minimum absolute atomic E-state index is 0.140. The summed E-state index contributed by atoms with van der Waals surface area (Å²) in [5.74, 6) is -0.989. The van der Waals surface area contributed by atoms with Crippen molar-refractivity contribution >= 4 is 16.5 Å². The number of aromatic nitrogens is 2. The van der Waals surface area contributed by atoms with Crippen molar-refractivity contribution in [3.8, 4) is 10.6 Å². The van der Waals surface area contributed by atoms with Crippen molar-refractivity contribution in [1.82, 2.24) is 10.2 Å². The molecule has 0 bridgehead atoms. The van der Waals surface area contributed by atoms with E-state index in [4.69, 9.17) is 0 Å². The summed E-state index contributed by atoms with van der Waals surface area (Å²) in [6.07, 6.45) is 0. The molecular formula is C10H9F2N3S. The van der Waals surface area contributed by atoms with E-state index in [0.717, 1.165) is 18.2 Å². The Morgan fingerprint density at radius 2 is 2.12 bits per heavy atom. The van der Waals surface area contributed by atoms with Gasteiger partial charge in [-0.3, -0.25) is 0 Å². The number of hydrogen-bond donors (Lipinski definition) is 1. The highest BCUT2D eigenvalue weighted by Gasteiger charge is 2.11. The van der Waals surface area contributed by atoms with Gasteiger partial charge >= 0.3 is 0 Å². The third-order valence-corrected chi connectivity index (χ3v) is 2.83. The highest BCUT2D eigenvalue weighted by atomic mass is 32.1. The standard InChI is InChI=1S/C10H9F2N3S/c1-2-13-10-15-14-9(16-10)7-5-6(11)3-4-8(7)12/h3-5H,2H2,1H3,(H,13,15). The van der Waals surface area contributed by atoms with Crippen molar-refractivity contribution in [2.75, 3.05) is 11.9 Å². The molecule has 3 nitrogen and oxygen atoms in total. The molecule has 0 aliphatic rings. The molecule has 2 rings (SSSR count). The van der Waals surface area contributed by atoms with Crippen LogP contribution in [0.1, 0.15) is 6.92 Å². The number of nitrogens with one attached hydrogen (secondary N) is 1. The van der Waals surface area contributed by atoms with Gasteiger partial charge in [-0.05, 0) is 25.1 Å². The zero-order chi connectivity index (χ0) is 11.5. The van der Waals surface area contributed by atoms with Crippen molar-refractivity contribution in [1.29, 1.82) is 0 Å². The summed E-state index contributed by atoms with van der Waals surface area (Å²) < 4.78 is 26.4. The van der Waals surface area contributed by atoms with Gasteiger partial charge in [0.2, 0.25) is 5.13 Å². The van der Waals surface area contributed by atoms with Gasteiger partial charge in [0.1, 0.15) is 11.6 Å². The molecule has 0 aliphatic carbocycles. The summed E-state index contributed by atoms with van der Waals surface area (Å²) in [6.45, 7) is 2.63. The van der Waals surface area contributed by atoms with E-state index < -0.39 is 11.6 Å². The molecule has 0 atom stereocenters. The largest absolute Gasteiger partial charge is 0.360 e. The van der Waals surface area contributed by atoms with E-state index >= 15 is 0 Å². The smallest absolute Gasteiger partial charge is 0.205 e. The molecule has 84 valence electrons. The Bertz CT molecular complexity index is 499. The zero-order valence-corrected chi connectivity index (χ0v) is 9.31. The maximum Gasteiger partial charge on any atom is 0.205 e. The van der Waals surface area contributed by atoms with Crippen molar-refractivity contribution < 1.29 is 8.78 Å². The van der Waals surface area contributed by atoms with Gasteiger partial charge in [0.15, 0.2) is 5.01 Å². The van der Waals surface area contributed by atoms with Gasteiger partial charge in [0, 0.05) is 6.54 Å². The second-order valence-corrected chi connectivity index (χ2v) is 4.04. The lowest BCUT2D eigenvalue weighted by atomic mass is 10.2. The molecule has 1 aromatic carbocycles. The Kier molecular flexibility index (Phi) is 3.09. The maximum absolute atomic E-state index is 13.4. The summed E-state index contributed by atoms with van der Waals surface area (Å²) in [5.41, 5.74) is 0.140. The van der Waals surface area contributed by atoms with Gasteiger partial charge in [-0.25, -0.2) is 8.78 Å². The Hall–Kier alpha value is -1.56. The van der Waals surface area contributed by atoms with Gasteiger partial charge < -0.3 is 5.32 Å². The van der Waals surface area contributed by atoms with E-state index in [1.807, 2.05) is 6.92 Å². The lowest BCUT2D eigenvalue weighted by Gasteiger charge is -1.97. The van der Waals surface area contributed by atoms with Crippen LogP contribution in [0.5, 0.6) is 0 Å². The van der Waals surface area contributed by atoms with Crippen LogP contribution in [0.3, 0.4) is 0 Å². The van der Waals surface area contributed by atoms with Gasteiger partial charge in [0.05, 0.1) is 5.56 Å². The summed E-state index contributed by atoms with van der Waals surface area (Å²) >= 11 is 1.19. The number of halogens is 2. The van der Waals surface area contributed by atoms with E-state index in [1.54, 1.807) is 0 Å². The second kappa shape index (κ2) is 4.52. The fourth-order valence-corrected chi connectivity index (χ4v) is 2.05. The average molecular weight is 241 g/mol. The SMILES string of the molecule is CCNc1nnc(-c2cc(F)ccc2F)s1. The van der Waals surface area contributed by atoms with Crippen molar-refractivity contribution in [2.45, 2.75) is 6.92 Å². The Morgan fingerprint density at radius 3 is 2.88 bits per heavy atom. The minimum Gasteiger partial charge on any atom is -0.360 e. The van der Waals surface area contributed by atoms with Crippen LogP contribution >= 0.6 is 11.3 Å². The number of benzene rings is 1. The average Bonchev–Trinajstić information content (AvgIpc) is 2.71. The van der Waals surface area contributed by atoms with Crippen LogP contribution in [0.4, 0.5) is 13.9 Å². The highest BCUT2D eigenvalue weighted by Crippen LogP contribution is 2.28. The normalized spacial score (nSPS) is 10.4. The first-order valence-electron chi connectivity index (χ1n) is 4.73. The Labute approximate surface area is 95.1 Å². The molecule has 0 saturated heterocycles. The maximum atomic E-state index is 13.4. The van der Waals surface area contributed by atoms with Crippen LogP contribution in [-0.2, 0) is 0 Å². The Balaban J connectivity index is 2.38. The van der Waals surface area contributed by atoms with E-state index in [0.29, 0.717) is 16.7 Å². The first-order chi connectivity index (χ1) is 7.70. The molecule has 0 unspecified atom stereocenters. The van der Waals surface area contributed by atoms with E-state index in [1.165, 1.54) is 11.3 Å². The fourth-order valence-electron chi connectivity index (χ4n) is 1.22. The first-order valence-corrected chi connectivity index (χ1v) is 5.55. The topological polar surface area (TPSA) is 37.8 Å². The third-order valence-electron chi connectivity index (χ3n) is 1.91. The molecule has 0 amide bonds. The molecule has 0 fully saturated rings. The minimum atomic E-state index is -0.499. The molecule has 6 heteroatoms. The first kappa shape index (κ1) is 10.9. The predicted octanol–water partition coefficient (Wildman–Crippen LogP) is 2.92. The van der Waals surface area contributed by atoms with Gasteiger partial charge in [-0.1, -0.05) is 11.3 Å².